The zero-order valence-electron chi connectivity index (χ0n) is 10.6. The highest BCUT2D eigenvalue weighted by molar-refractivity contribution is 5.94. The van der Waals surface area contributed by atoms with Gasteiger partial charge in [-0.3, -0.25) is 14.4 Å². The van der Waals surface area contributed by atoms with E-state index in [1.807, 2.05) is 0 Å². The third kappa shape index (κ3) is 2.59. The quantitative estimate of drug-likeness (QED) is 0.785. The van der Waals surface area contributed by atoms with Crippen molar-refractivity contribution >= 4 is 5.91 Å². The van der Waals surface area contributed by atoms with E-state index in [0.717, 1.165) is 25.7 Å². The van der Waals surface area contributed by atoms with E-state index in [2.05, 4.69) is 15.7 Å². The lowest BCUT2D eigenvalue weighted by Gasteiger charge is -2.12. The maximum absolute atomic E-state index is 11.9. The van der Waals surface area contributed by atoms with Gasteiger partial charge in [-0.15, -0.1) is 0 Å². The summed E-state index contributed by atoms with van der Waals surface area (Å²) in [6, 6.07) is 0. The summed E-state index contributed by atoms with van der Waals surface area (Å²) in [6.45, 7) is 3.43. The van der Waals surface area contributed by atoms with Crippen LogP contribution in [0.1, 0.15) is 47.3 Å². The minimum Gasteiger partial charge on any atom is -0.270 e. The molecule has 0 unspecified atom stereocenters. The summed E-state index contributed by atoms with van der Waals surface area (Å²) in [4.78, 5) is 28.8. The predicted octanol–water partition coefficient (Wildman–Crippen LogP) is 0.991. The van der Waals surface area contributed by atoms with Gasteiger partial charge in [-0.2, -0.15) is 5.10 Å². The largest absolute Gasteiger partial charge is 0.280 e. The van der Waals surface area contributed by atoms with Gasteiger partial charge in [0.15, 0.2) is 0 Å². The number of nitrogens with zero attached hydrogens (tertiary/aromatic N) is 1. The predicted molar refractivity (Wildman–Crippen MR) is 65.1 cm³/mol. The molecule has 1 saturated carbocycles. The monoisotopic (exact) mass is 251 g/mol. The van der Waals surface area contributed by atoms with Crippen LogP contribution in [0.15, 0.2) is 4.79 Å². The molecule has 0 bridgehead atoms. The van der Waals surface area contributed by atoms with Gasteiger partial charge in [0.25, 0.3) is 11.5 Å². The maximum Gasteiger partial charge on any atom is 0.280 e. The van der Waals surface area contributed by atoms with Crippen molar-refractivity contribution in [1.29, 1.82) is 0 Å². The highest BCUT2D eigenvalue weighted by atomic mass is 16.7. The number of hydrogen-bond acceptors (Lipinski definition) is 4. The first-order chi connectivity index (χ1) is 8.59. The van der Waals surface area contributed by atoms with Crippen molar-refractivity contribution in [3.05, 3.63) is 27.2 Å². The fourth-order valence-corrected chi connectivity index (χ4v) is 2.09. The number of aryl methyl sites for hydroxylation is 1. The van der Waals surface area contributed by atoms with E-state index in [0.29, 0.717) is 11.3 Å². The minimum absolute atomic E-state index is 0.0660. The number of aromatic amines is 1. The number of carbonyl (C=O) groups is 1. The van der Waals surface area contributed by atoms with Crippen molar-refractivity contribution < 1.29 is 9.63 Å². The second kappa shape index (κ2) is 5.30. The highest BCUT2D eigenvalue weighted by Gasteiger charge is 2.20. The van der Waals surface area contributed by atoms with Crippen molar-refractivity contribution in [2.75, 3.05) is 0 Å². The third-order valence-corrected chi connectivity index (χ3v) is 3.32. The Bertz CT molecular complexity index is 504. The summed E-state index contributed by atoms with van der Waals surface area (Å²) < 4.78 is 0. The zero-order chi connectivity index (χ0) is 13.1. The van der Waals surface area contributed by atoms with Crippen LogP contribution in [0.5, 0.6) is 0 Å². The molecular weight excluding hydrogens is 234 g/mol. The van der Waals surface area contributed by atoms with Gasteiger partial charge in [0, 0.05) is 0 Å². The Balaban J connectivity index is 2.08. The standard InChI is InChI=1S/C12H17N3O3/c1-7-8(2)13-14-11(16)10(7)12(17)15-18-9-5-3-4-6-9/h9H,3-6H2,1-2H3,(H,14,16)(H,15,17). The first-order valence-electron chi connectivity index (χ1n) is 6.11. The van der Waals surface area contributed by atoms with Crippen LogP contribution in [0.2, 0.25) is 0 Å². The lowest BCUT2D eigenvalue weighted by atomic mass is 10.1. The molecule has 1 aromatic heterocycles. The minimum atomic E-state index is -0.508. The van der Waals surface area contributed by atoms with E-state index in [4.69, 9.17) is 4.84 Å². The van der Waals surface area contributed by atoms with Crippen molar-refractivity contribution in [2.45, 2.75) is 45.6 Å². The molecule has 0 aromatic carbocycles. The van der Waals surface area contributed by atoms with E-state index in [1.165, 1.54) is 0 Å². The molecule has 1 fully saturated rings. The van der Waals surface area contributed by atoms with Gasteiger partial charge in [-0.25, -0.2) is 10.6 Å². The number of aromatic nitrogens is 2. The van der Waals surface area contributed by atoms with Gasteiger partial charge in [-0.1, -0.05) is 12.8 Å². The summed E-state index contributed by atoms with van der Waals surface area (Å²) in [5, 5.41) is 6.10. The summed E-state index contributed by atoms with van der Waals surface area (Å²) in [5.41, 5.74) is 3.14. The summed E-state index contributed by atoms with van der Waals surface area (Å²) in [5.74, 6) is -0.508. The molecule has 2 rings (SSSR count). The van der Waals surface area contributed by atoms with E-state index in [-0.39, 0.29) is 11.7 Å². The number of amides is 1. The summed E-state index contributed by atoms with van der Waals surface area (Å²) in [7, 11) is 0. The molecule has 1 aliphatic rings. The van der Waals surface area contributed by atoms with Gasteiger partial charge < -0.3 is 0 Å². The van der Waals surface area contributed by atoms with Crippen LogP contribution in [0.4, 0.5) is 0 Å². The van der Waals surface area contributed by atoms with E-state index in [9.17, 15) is 9.59 Å². The SMILES string of the molecule is Cc1n[nH]c(=O)c(C(=O)NOC2CCCC2)c1C. The summed E-state index contributed by atoms with van der Waals surface area (Å²) in [6.07, 6.45) is 4.20. The molecular formula is C12H17N3O3. The average Bonchev–Trinajstić information content (AvgIpc) is 2.85. The van der Waals surface area contributed by atoms with Crippen LogP contribution in [0.3, 0.4) is 0 Å². The first kappa shape index (κ1) is 12.8. The van der Waals surface area contributed by atoms with E-state index >= 15 is 0 Å². The molecule has 1 amide bonds. The van der Waals surface area contributed by atoms with Gasteiger partial charge >= 0.3 is 0 Å². The van der Waals surface area contributed by atoms with Crippen LogP contribution in [0, 0.1) is 13.8 Å². The van der Waals surface area contributed by atoms with Gasteiger partial charge in [0.05, 0.1) is 11.8 Å². The number of hydroxylamine groups is 1. The Morgan fingerprint density at radius 2 is 2.06 bits per heavy atom. The molecule has 18 heavy (non-hydrogen) atoms. The van der Waals surface area contributed by atoms with Crippen molar-refractivity contribution in [3.63, 3.8) is 0 Å². The molecule has 0 atom stereocenters. The number of carbonyl (C=O) groups excluding carboxylic acids is 1. The fourth-order valence-electron chi connectivity index (χ4n) is 2.09. The van der Waals surface area contributed by atoms with Crippen molar-refractivity contribution in [2.24, 2.45) is 0 Å². The first-order valence-corrected chi connectivity index (χ1v) is 6.11. The molecule has 6 nitrogen and oxygen atoms in total. The third-order valence-electron chi connectivity index (χ3n) is 3.32. The molecule has 98 valence electrons. The Kier molecular flexibility index (Phi) is 3.76. The maximum atomic E-state index is 11.9. The molecule has 0 spiro atoms. The molecule has 2 N–H and O–H groups in total. The number of hydrogen-bond donors (Lipinski definition) is 2. The van der Waals surface area contributed by atoms with Crippen molar-refractivity contribution in [1.82, 2.24) is 15.7 Å². The van der Waals surface area contributed by atoms with Crippen LogP contribution in [0.25, 0.3) is 0 Å². The van der Waals surface area contributed by atoms with Crippen molar-refractivity contribution in [3.8, 4) is 0 Å². The van der Waals surface area contributed by atoms with Crippen LogP contribution in [-0.2, 0) is 4.84 Å². The molecule has 1 aromatic rings. The zero-order valence-corrected chi connectivity index (χ0v) is 10.6. The highest BCUT2D eigenvalue weighted by Crippen LogP contribution is 2.20. The van der Waals surface area contributed by atoms with E-state index < -0.39 is 11.5 Å². The topological polar surface area (TPSA) is 84.1 Å². The molecule has 0 aliphatic heterocycles. The smallest absolute Gasteiger partial charge is 0.270 e. The second-order valence-corrected chi connectivity index (χ2v) is 4.59. The molecule has 6 heteroatoms. The lowest BCUT2D eigenvalue weighted by Crippen LogP contribution is -2.34. The summed E-state index contributed by atoms with van der Waals surface area (Å²) >= 11 is 0. The fraction of sp³-hybridized carbons (Fsp3) is 0.583. The van der Waals surface area contributed by atoms with Gasteiger partial charge in [0.1, 0.15) is 5.56 Å². The normalized spacial score (nSPS) is 15.9. The Hall–Kier alpha value is -1.69. The number of nitrogens with one attached hydrogen (secondary N) is 2. The van der Waals surface area contributed by atoms with Crippen LogP contribution >= 0.6 is 0 Å². The molecule has 0 radical (unpaired) electrons. The Morgan fingerprint density at radius 3 is 2.72 bits per heavy atom. The average molecular weight is 251 g/mol. The number of rotatable bonds is 3. The van der Waals surface area contributed by atoms with Crippen LogP contribution < -0.4 is 11.0 Å². The Morgan fingerprint density at radius 1 is 1.39 bits per heavy atom. The number of H-pyrrole nitrogens is 1. The van der Waals surface area contributed by atoms with Crippen LogP contribution in [-0.4, -0.2) is 22.2 Å². The molecule has 1 aliphatic carbocycles. The lowest BCUT2D eigenvalue weighted by molar-refractivity contribution is -0.0126. The second-order valence-electron chi connectivity index (χ2n) is 4.59. The van der Waals surface area contributed by atoms with Gasteiger partial charge in [0.2, 0.25) is 0 Å². The molecule has 0 saturated heterocycles. The van der Waals surface area contributed by atoms with Gasteiger partial charge in [-0.05, 0) is 32.3 Å². The molecule has 1 heterocycles. The van der Waals surface area contributed by atoms with E-state index in [1.54, 1.807) is 13.8 Å². The Labute approximate surface area is 105 Å².